The van der Waals surface area contributed by atoms with E-state index in [4.69, 9.17) is 4.42 Å². The number of piperazine rings is 1. The van der Waals surface area contributed by atoms with Crippen LogP contribution in [0.2, 0.25) is 0 Å². The number of hydrogen-bond donors (Lipinski definition) is 0. The Bertz CT molecular complexity index is 1350. The summed E-state index contributed by atoms with van der Waals surface area (Å²) < 4.78 is 18.6. The van der Waals surface area contributed by atoms with Gasteiger partial charge in [-0.2, -0.15) is 0 Å². The van der Waals surface area contributed by atoms with Gasteiger partial charge in [-0.25, -0.2) is 4.39 Å². The number of aromatic nitrogens is 2. The van der Waals surface area contributed by atoms with Crippen LogP contribution in [-0.4, -0.2) is 63.2 Å². The van der Waals surface area contributed by atoms with Gasteiger partial charge in [-0.3, -0.25) is 9.59 Å². The SMILES string of the molecule is C[C@H](Sc1nnc(-c2ccc(F)cc2)c2ccccc12)C(=O)N1CCN(C(=O)c2ccco2)CC1. The largest absolute Gasteiger partial charge is 0.459 e. The molecule has 35 heavy (non-hydrogen) atoms. The van der Waals surface area contributed by atoms with Gasteiger partial charge in [0.15, 0.2) is 5.76 Å². The number of carbonyl (C=O) groups excluding carboxylic acids is 2. The van der Waals surface area contributed by atoms with Crippen LogP contribution in [0.3, 0.4) is 0 Å². The fourth-order valence-corrected chi connectivity index (χ4v) is 5.13. The van der Waals surface area contributed by atoms with E-state index in [1.165, 1.54) is 30.2 Å². The Kier molecular flexibility index (Phi) is 6.50. The van der Waals surface area contributed by atoms with Crippen molar-refractivity contribution < 1.29 is 18.4 Å². The molecule has 9 heteroatoms. The molecule has 7 nitrogen and oxygen atoms in total. The molecule has 2 aromatic heterocycles. The van der Waals surface area contributed by atoms with Gasteiger partial charge in [-0.1, -0.05) is 36.0 Å². The molecule has 0 aliphatic carbocycles. The van der Waals surface area contributed by atoms with Crippen LogP contribution in [0.15, 0.2) is 76.4 Å². The highest BCUT2D eigenvalue weighted by molar-refractivity contribution is 8.00. The van der Waals surface area contributed by atoms with Crippen molar-refractivity contribution >= 4 is 34.3 Å². The molecule has 0 saturated carbocycles. The quantitative estimate of drug-likeness (QED) is 0.384. The summed E-state index contributed by atoms with van der Waals surface area (Å²) in [6, 6.07) is 17.2. The molecule has 5 rings (SSSR count). The third-order valence-electron chi connectivity index (χ3n) is 6.02. The second-order valence-corrected chi connectivity index (χ2v) is 9.59. The Labute approximate surface area is 205 Å². The molecule has 2 amide bonds. The maximum Gasteiger partial charge on any atom is 0.289 e. The fourth-order valence-electron chi connectivity index (χ4n) is 4.15. The topological polar surface area (TPSA) is 79.5 Å². The highest BCUT2D eigenvalue weighted by Gasteiger charge is 2.29. The molecule has 0 bridgehead atoms. The van der Waals surface area contributed by atoms with Crippen LogP contribution in [-0.2, 0) is 4.79 Å². The zero-order chi connectivity index (χ0) is 24.4. The van der Waals surface area contributed by atoms with Crippen molar-refractivity contribution in [2.75, 3.05) is 26.2 Å². The molecule has 0 unspecified atom stereocenters. The normalized spacial score (nSPS) is 14.8. The van der Waals surface area contributed by atoms with Crippen molar-refractivity contribution in [1.82, 2.24) is 20.0 Å². The minimum Gasteiger partial charge on any atom is -0.459 e. The van der Waals surface area contributed by atoms with Gasteiger partial charge in [0.2, 0.25) is 5.91 Å². The number of hydrogen-bond acceptors (Lipinski definition) is 6. The number of fused-ring (bicyclic) bond motifs is 1. The summed E-state index contributed by atoms with van der Waals surface area (Å²) in [6.07, 6.45) is 1.48. The third-order valence-corrected chi connectivity index (χ3v) is 7.10. The first kappa shape index (κ1) is 23.0. The van der Waals surface area contributed by atoms with Crippen LogP contribution in [0.5, 0.6) is 0 Å². The van der Waals surface area contributed by atoms with Crippen molar-refractivity contribution in [2.24, 2.45) is 0 Å². The molecule has 1 aliphatic rings. The number of halogens is 1. The standard InChI is InChI=1S/C26H23FN4O3S/c1-17(25(32)30-12-14-31(15-13-30)26(33)22-7-4-16-34-22)35-24-21-6-3-2-5-20(21)23(28-29-24)18-8-10-19(27)11-9-18/h2-11,16-17H,12-15H2,1H3/t17-/m0/s1. The van der Waals surface area contributed by atoms with E-state index in [-0.39, 0.29) is 22.9 Å². The van der Waals surface area contributed by atoms with Crippen LogP contribution < -0.4 is 0 Å². The van der Waals surface area contributed by atoms with E-state index in [9.17, 15) is 14.0 Å². The lowest BCUT2D eigenvalue weighted by Crippen LogP contribution is -2.52. The van der Waals surface area contributed by atoms with E-state index >= 15 is 0 Å². The van der Waals surface area contributed by atoms with Crippen molar-refractivity contribution in [2.45, 2.75) is 17.2 Å². The summed E-state index contributed by atoms with van der Waals surface area (Å²) in [4.78, 5) is 29.1. The highest BCUT2D eigenvalue weighted by atomic mass is 32.2. The molecule has 178 valence electrons. The van der Waals surface area contributed by atoms with Crippen LogP contribution in [0.25, 0.3) is 22.0 Å². The number of carbonyl (C=O) groups is 2. The molecular weight excluding hydrogens is 467 g/mol. The van der Waals surface area contributed by atoms with Gasteiger partial charge >= 0.3 is 0 Å². The molecule has 0 radical (unpaired) electrons. The summed E-state index contributed by atoms with van der Waals surface area (Å²) in [5, 5.41) is 10.9. The number of benzene rings is 2. The van der Waals surface area contributed by atoms with Gasteiger partial charge in [0.1, 0.15) is 16.5 Å². The maximum absolute atomic E-state index is 13.4. The predicted octanol–water partition coefficient (Wildman–Crippen LogP) is 4.49. The van der Waals surface area contributed by atoms with E-state index in [0.29, 0.717) is 42.7 Å². The smallest absolute Gasteiger partial charge is 0.289 e. The van der Waals surface area contributed by atoms with Crippen LogP contribution in [0.4, 0.5) is 4.39 Å². The average Bonchev–Trinajstić information content (AvgIpc) is 3.44. The fraction of sp³-hybridized carbons (Fsp3) is 0.231. The average molecular weight is 491 g/mol. The van der Waals surface area contributed by atoms with E-state index in [1.807, 2.05) is 31.2 Å². The van der Waals surface area contributed by atoms with E-state index in [1.54, 1.807) is 34.1 Å². The lowest BCUT2D eigenvalue weighted by Gasteiger charge is -2.35. The second-order valence-electron chi connectivity index (χ2n) is 8.26. The molecule has 1 fully saturated rings. The molecule has 2 aromatic carbocycles. The summed E-state index contributed by atoms with van der Waals surface area (Å²) in [5.74, 6) is -0.166. The molecule has 1 saturated heterocycles. The molecule has 0 N–H and O–H groups in total. The Morgan fingerprint density at radius 1 is 0.914 bits per heavy atom. The van der Waals surface area contributed by atoms with Crippen molar-refractivity contribution in [3.05, 3.63) is 78.5 Å². The first-order valence-electron chi connectivity index (χ1n) is 11.3. The van der Waals surface area contributed by atoms with Gasteiger partial charge < -0.3 is 14.2 Å². The molecule has 1 atom stereocenters. The minimum absolute atomic E-state index is 0.00594. The van der Waals surface area contributed by atoms with Crippen LogP contribution in [0.1, 0.15) is 17.5 Å². The van der Waals surface area contributed by atoms with E-state index in [0.717, 1.165) is 16.3 Å². The number of rotatable bonds is 5. The zero-order valence-electron chi connectivity index (χ0n) is 19.1. The highest BCUT2D eigenvalue weighted by Crippen LogP contribution is 2.34. The molecule has 0 spiro atoms. The van der Waals surface area contributed by atoms with Gasteiger partial charge in [-0.15, -0.1) is 10.2 Å². The van der Waals surface area contributed by atoms with Gasteiger partial charge in [0, 0.05) is 42.5 Å². The lowest BCUT2D eigenvalue weighted by atomic mass is 10.1. The van der Waals surface area contributed by atoms with Crippen LogP contribution >= 0.6 is 11.8 Å². The number of nitrogens with zero attached hydrogens (tertiary/aromatic N) is 4. The summed E-state index contributed by atoms with van der Waals surface area (Å²) in [7, 11) is 0. The monoisotopic (exact) mass is 490 g/mol. The summed E-state index contributed by atoms with van der Waals surface area (Å²) in [6.45, 7) is 3.70. The Hall–Kier alpha value is -3.72. The summed E-state index contributed by atoms with van der Waals surface area (Å²) in [5.41, 5.74) is 1.44. The molecule has 3 heterocycles. The lowest BCUT2D eigenvalue weighted by molar-refractivity contribution is -0.131. The molecule has 4 aromatic rings. The maximum atomic E-state index is 13.4. The van der Waals surface area contributed by atoms with E-state index in [2.05, 4.69) is 10.2 Å². The first-order valence-corrected chi connectivity index (χ1v) is 12.2. The zero-order valence-corrected chi connectivity index (χ0v) is 19.9. The van der Waals surface area contributed by atoms with Gasteiger partial charge in [0.05, 0.1) is 11.5 Å². The van der Waals surface area contributed by atoms with Crippen molar-refractivity contribution in [3.8, 4) is 11.3 Å². The molecular formula is C26H23FN4O3S. The van der Waals surface area contributed by atoms with Gasteiger partial charge in [-0.05, 0) is 43.3 Å². The Balaban J connectivity index is 1.29. The Morgan fingerprint density at radius 2 is 1.60 bits per heavy atom. The second kappa shape index (κ2) is 9.87. The third kappa shape index (κ3) is 4.77. The number of amides is 2. The number of thioether (sulfide) groups is 1. The van der Waals surface area contributed by atoms with Crippen LogP contribution in [0, 0.1) is 5.82 Å². The summed E-state index contributed by atoms with van der Waals surface area (Å²) >= 11 is 1.37. The number of furan rings is 1. The van der Waals surface area contributed by atoms with E-state index < -0.39 is 0 Å². The predicted molar refractivity (Wildman–Crippen MR) is 131 cm³/mol. The molecule has 1 aliphatic heterocycles. The van der Waals surface area contributed by atoms with Gasteiger partial charge in [0.25, 0.3) is 5.91 Å². The first-order chi connectivity index (χ1) is 17.0. The van der Waals surface area contributed by atoms with Crippen molar-refractivity contribution in [1.29, 1.82) is 0 Å². The Morgan fingerprint density at radius 3 is 2.29 bits per heavy atom. The van der Waals surface area contributed by atoms with Crippen molar-refractivity contribution in [3.63, 3.8) is 0 Å². The minimum atomic E-state index is -0.378.